The molecular weight excluding hydrogens is 543 g/mol. The molecule has 0 N–H and O–H groups in total. The molecule has 0 saturated carbocycles. The molecule has 1 unspecified atom stereocenters. The highest BCUT2D eigenvalue weighted by atomic mass is 35.5. The number of alkyl halides is 2. The minimum absolute atomic E-state index is 0.202. The van der Waals surface area contributed by atoms with Crippen LogP contribution in [0.25, 0.3) is 22.5 Å². The van der Waals surface area contributed by atoms with E-state index in [-0.39, 0.29) is 10.7 Å². The van der Waals surface area contributed by atoms with Gasteiger partial charge in [0.15, 0.2) is 5.15 Å². The van der Waals surface area contributed by atoms with Crippen LogP contribution >= 0.6 is 23.2 Å². The van der Waals surface area contributed by atoms with Crippen molar-refractivity contribution in [2.45, 2.75) is 25.9 Å². The van der Waals surface area contributed by atoms with E-state index < -0.39 is 12.6 Å². The molecule has 0 fully saturated rings. The average Bonchev–Trinajstić information content (AvgIpc) is 3.66. The van der Waals surface area contributed by atoms with Gasteiger partial charge in [0.25, 0.3) is 5.56 Å². The van der Waals surface area contributed by atoms with E-state index in [0.29, 0.717) is 50.1 Å². The maximum Gasteiger partial charge on any atom is 0.333 e. The van der Waals surface area contributed by atoms with Crippen molar-refractivity contribution in [3.05, 3.63) is 81.5 Å². The molecule has 0 aliphatic heterocycles. The minimum Gasteiger partial charge on any atom is -0.495 e. The highest BCUT2D eigenvalue weighted by molar-refractivity contribution is 6.31. The molecule has 1 aromatic carbocycles. The predicted octanol–water partition coefficient (Wildman–Crippen LogP) is 4.58. The lowest BCUT2D eigenvalue weighted by atomic mass is 10.0. The Morgan fingerprint density at radius 2 is 1.79 bits per heavy atom. The van der Waals surface area contributed by atoms with Crippen LogP contribution in [0.3, 0.4) is 0 Å². The fourth-order valence-electron chi connectivity index (χ4n) is 4.09. The topological polar surface area (TPSA) is 110 Å². The third kappa shape index (κ3) is 4.77. The second kappa shape index (κ2) is 10.3. The van der Waals surface area contributed by atoms with Crippen LogP contribution < -0.4 is 10.3 Å². The first kappa shape index (κ1) is 25.5. The minimum atomic E-state index is -2.78. The smallest absolute Gasteiger partial charge is 0.333 e. The van der Waals surface area contributed by atoms with Crippen molar-refractivity contribution in [1.29, 1.82) is 0 Å². The fraction of sp³-hybridized carbons (Fsp3) is 0.217. The third-order valence-corrected chi connectivity index (χ3v) is 6.26. The Balaban J connectivity index is 1.56. The molecule has 0 bridgehead atoms. The number of pyridine rings is 1. The summed E-state index contributed by atoms with van der Waals surface area (Å²) in [5, 5.41) is 20.3. The van der Waals surface area contributed by atoms with Gasteiger partial charge in [-0.3, -0.25) is 4.79 Å². The maximum absolute atomic E-state index is 13.4. The summed E-state index contributed by atoms with van der Waals surface area (Å²) in [5.41, 5.74) is 2.07. The van der Waals surface area contributed by atoms with Gasteiger partial charge in [0, 0.05) is 22.2 Å². The fourth-order valence-corrected chi connectivity index (χ4v) is 4.39. The predicted molar refractivity (Wildman–Crippen MR) is 134 cm³/mol. The number of aromatic nitrogens is 9. The molecule has 15 heteroatoms. The molecule has 4 aromatic heterocycles. The number of methoxy groups -OCH3 is 1. The Morgan fingerprint density at radius 3 is 2.45 bits per heavy atom. The van der Waals surface area contributed by atoms with Crippen molar-refractivity contribution < 1.29 is 13.5 Å². The zero-order valence-corrected chi connectivity index (χ0v) is 21.4. The summed E-state index contributed by atoms with van der Waals surface area (Å²) in [7, 11) is 1.49. The van der Waals surface area contributed by atoms with Gasteiger partial charge in [0.05, 0.1) is 49.8 Å². The van der Waals surface area contributed by atoms with E-state index in [1.54, 1.807) is 30.6 Å². The molecule has 196 valence electrons. The second-order valence-corrected chi connectivity index (χ2v) is 8.94. The van der Waals surface area contributed by atoms with Crippen LogP contribution in [-0.4, -0.2) is 51.4 Å². The molecule has 11 nitrogen and oxygen atoms in total. The van der Waals surface area contributed by atoms with Crippen molar-refractivity contribution in [1.82, 2.24) is 44.3 Å². The van der Waals surface area contributed by atoms with E-state index in [1.165, 1.54) is 39.5 Å². The van der Waals surface area contributed by atoms with Crippen molar-refractivity contribution in [2.24, 2.45) is 0 Å². The van der Waals surface area contributed by atoms with Gasteiger partial charge >= 0.3 is 6.55 Å². The summed E-state index contributed by atoms with van der Waals surface area (Å²) in [6.45, 7) is -0.893. The van der Waals surface area contributed by atoms with Crippen molar-refractivity contribution >= 4 is 23.2 Å². The molecule has 0 spiro atoms. The normalized spacial score (nSPS) is 12.3. The number of hydrogen-bond donors (Lipinski definition) is 0. The van der Waals surface area contributed by atoms with E-state index in [2.05, 4.69) is 25.7 Å². The van der Waals surface area contributed by atoms with Crippen molar-refractivity contribution in [2.75, 3.05) is 7.11 Å². The van der Waals surface area contributed by atoms with Crippen LogP contribution in [0, 0.1) is 0 Å². The summed E-state index contributed by atoms with van der Waals surface area (Å²) in [6.07, 6.45) is 7.57. The van der Waals surface area contributed by atoms with Crippen molar-refractivity contribution in [3.8, 4) is 28.3 Å². The number of rotatable bonds is 8. The molecule has 0 aliphatic carbocycles. The lowest BCUT2D eigenvalue weighted by Gasteiger charge is -2.19. The highest BCUT2D eigenvalue weighted by Gasteiger charge is 2.22. The number of halogens is 4. The summed E-state index contributed by atoms with van der Waals surface area (Å²) < 4.78 is 36.3. The lowest BCUT2D eigenvalue weighted by Crippen LogP contribution is -2.25. The van der Waals surface area contributed by atoms with E-state index >= 15 is 0 Å². The van der Waals surface area contributed by atoms with Gasteiger partial charge < -0.3 is 9.30 Å². The number of benzene rings is 1. The summed E-state index contributed by atoms with van der Waals surface area (Å²) >= 11 is 12.3. The van der Waals surface area contributed by atoms with Gasteiger partial charge in [-0.15, -0.1) is 10.2 Å². The molecule has 0 radical (unpaired) electrons. The summed E-state index contributed by atoms with van der Waals surface area (Å²) in [4.78, 5) is 13.4. The van der Waals surface area contributed by atoms with Gasteiger partial charge in [-0.05, 0) is 24.6 Å². The molecule has 0 amide bonds. The average molecular weight is 562 g/mol. The SMILES string of the molecule is CCC(c1cn(-c2cnn(C(F)F)c2)nn1)n1cc(OC)c(-c2cc(Cl)ccc2-n2cc(Cl)nn2)cc1=O. The van der Waals surface area contributed by atoms with Crippen LogP contribution in [0.2, 0.25) is 10.2 Å². The molecule has 5 rings (SSSR count). The van der Waals surface area contributed by atoms with Crippen LogP contribution in [0.5, 0.6) is 5.75 Å². The number of hydrogen-bond acceptors (Lipinski definition) is 7. The van der Waals surface area contributed by atoms with E-state index in [1.807, 2.05) is 6.92 Å². The van der Waals surface area contributed by atoms with Gasteiger partial charge in [-0.2, -0.15) is 13.9 Å². The van der Waals surface area contributed by atoms with E-state index in [9.17, 15) is 13.6 Å². The van der Waals surface area contributed by atoms with Crippen LogP contribution in [-0.2, 0) is 0 Å². The van der Waals surface area contributed by atoms with Crippen LogP contribution in [0.4, 0.5) is 8.78 Å². The second-order valence-electron chi connectivity index (χ2n) is 8.12. The first-order chi connectivity index (χ1) is 18.3. The Bertz CT molecular complexity index is 1660. The molecule has 0 aliphatic rings. The summed E-state index contributed by atoms with van der Waals surface area (Å²) in [5.74, 6) is 0.392. The van der Waals surface area contributed by atoms with Gasteiger partial charge in [-0.25, -0.2) is 14.0 Å². The third-order valence-electron chi connectivity index (χ3n) is 5.85. The Morgan fingerprint density at radius 1 is 1.00 bits per heavy atom. The molecule has 38 heavy (non-hydrogen) atoms. The zero-order chi connectivity index (χ0) is 27.0. The lowest BCUT2D eigenvalue weighted by molar-refractivity contribution is 0.0566. The quantitative estimate of drug-likeness (QED) is 0.272. The van der Waals surface area contributed by atoms with Crippen LogP contribution in [0.1, 0.15) is 31.6 Å². The Hall–Kier alpha value is -4.10. The molecule has 0 saturated heterocycles. The summed E-state index contributed by atoms with van der Waals surface area (Å²) in [6, 6.07) is 6.03. The molecule has 1 atom stereocenters. The monoisotopic (exact) mass is 561 g/mol. The number of ether oxygens (including phenoxy) is 1. The van der Waals surface area contributed by atoms with E-state index in [0.717, 1.165) is 6.20 Å². The molecular formula is C23H19Cl2F2N9O2. The van der Waals surface area contributed by atoms with Gasteiger partial charge in [0.2, 0.25) is 0 Å². The largest absolute Gasteiger partial charge is 0.495 e. The van der Waals surface area contributed by atoms with Gasteiger partial charge in [-0.1, -0.05) is 40.6 Å². The van der Waals surface area contributed by atoms with Crippen molar-refractivity contribution in [3.63, 3.8) is 0 Å². The first-order valence-corrected chi connectivity index (χ1v) is 12.0. The van der Waals surface area contributed by atoms with Gasteiger partial charge in [0.1, 0.15) is 17.1 Å². The standard InChI is InChI=1S/C23H19Cl2F2N9O2/c1-3-18(17-10-34(31-29-17)14-8-28-36(9-14)23(26)27)33-11-20(38-2)16(7-22(33)37)15-6-13(24)4-5-19(15)35-12-21(25)30-32-35/h4-12,18,23H,3H2,1-2H3. The maximum atomic E-state index is 13.4. The Labute approximate surface area is 223 Å². The highest BCUT2D eigenvalue weighted by Crippen LogP contribution is 2.36. The Kier molecular flexibility index (Phi) is 6.95. The van der Waals surface area contributed by atoms with E-state index in [4.69, 9.17) is 27.9 Å². The molecule has 4 heterocycles. The molecule has 5 aromatic rings. The first-order valence-electron chi connectivity index (χ1n) is 11.2. The zero-order valence-electron chi connectivity index (χ0n) is 19.9. The van der Waals surface area contributed by atoms with Crippen LogP contribution in [0.15, 0.2) is 60.0 Å². The number of nitrogens with zero attached hydrogens (tertiary/aromatic N) is 9.